The van der Waals surface area contributed by atoms with Crippen LogP contribution in [0, 0.1) is 23.3 Å². The minimum Gasteiger partial charge on any atom is -0.489 e. The normalized spacial score (nSPS) is 11.6. The van der Waals surface area contributed by atoms with E-state index in [9.17, 15) is 26.0 Å². The Morgan fingerprint density at radius 1 is 1.00 bits per heavy atom. The predicted molar refractivity (Wildman–Crippen MR) is 50.6 cm³/mol. The molecule has 0 saturated carbocycles. The Balaban J connectivity index is 3.79. The number of benzene rings is 1. The van der Waals surface area contributed by atoms with Gasteiger partial charge in [0.15, 0.2) is 32.1 Å². The van der Waals surface area contributed by atoms with Gasteiger partial charge in [0.2, 0.25) is 11.6 Å². The number of hydrogen-bond acceptors (Lipinski definition) is 3. The Bertz CT molecular complexity index is 554. The summed E-state index contributed by atoms with van der Waals surface area (Å²) < 4.78 is 79.2. The lowest BCUT2D eigenvalue weighted by molar-refractivity contribution is 0.288. The Labute approximate surface area is 94.9 Å². The molecule has 0 radical (unpaired) electrons. The molecule has 0 bridgehead atoms. The van der Waals surface area contributed by atoms with Gasteiger partial charge >= 0.3 is 0 Å². The van der Waals surface area contributed by atoms with E-state index in [4.69, 9.17) is 0 Å². The van der Waals surface area contributed by atoms with Crippen molar-refractivity contribution in [3.63, 3.8) is 0 Å². The van der Waals surface area contributed by atoms with Crippen molar-refractivity contribution in [1.29, 1.82) is 0 Å². The predicted octanol–water partition coefficient (Wildman–Crippen LogP) is 2.05. The van der Waals surface area contributed by atoms with Crippen molar-refractivity contribution in [3.8, 4) is 5.75 Å². The lowest BCUT2D eigenvalue weighted by atomic mass is 10.3. The monoisotopic (exact) mass is 272 g/mol. The second-order valence-corrected chi connectivity index (χ2v) is 5.07. The van der Waals surface area contributed by atoms with E-state index < -0.39 is 43.8 Å². The van der Waals surface area contributed by atoms with E-state index in [1.165, 1.54) is 6.92 Å². The molecule has 0 saturated heterocycles. The zero-order chi connectivity index (χ0) is 13.4. The molecule has 0 atom stereocenters. The molecule has 0 aliphatic carbocycles. The van der Waals surface area contributed by atoms with Crippen LogP contribution in [0.3, 0.4) is 0 Å². The largest absolute Gasteiger partial charge is 0.489 e. The Morgan fingerprint density at radius 2 is 1.47 bits per heavy atom. The van der Waals surface area contributed by atoms with Crippen molar-refractivity contribution < 1.29 is 30.7 Å². The van der Waals surface area contributed by atoms with E-state index in [2.05, 4.69) is 4.74 Å². The van der Waals surface area contributed by atoms with Gasteiger partial charge in [-0.3, -0.25) is 0 Å². The van der Waals surface area contributed by atoms with E-state index in [1.807, 2.05) is 0 Å². The third-order valence-corrected chi connectivity index (χ3v) is 2.95. The fourth-order valence-electron chi connectivity index (χ4n) is 1.20. The van der Waals surface area contributed by atoms with E-state index >= 15 is 0 Å². The SMILES string of the molecule is CCOc1c(F)c(F)c(F)c(F)c1S(C)(=O)=O. The maximum absolute atomic E-state index is 13.3. The van der Waals surface area contributed by atoms with Crippen molar-refractivity contribution in [2.24, 2.45) is 0 Å². The van der Waals surface area contributed by atoms with Crippen LogP contribution in [0.4, 0.5) is 17.6 Å². The zero-order valence-electron chi connectivity index (χ0n) is 8.85. The summed E-state index contributed by atoms with van der Waals surface area (Å²) >= 11 is 0. The molecule has 0 heterocycles. The lowest BCUT2D eigenvalue weighted by Gasteiger charge is -2.12. The van der Waals surface area contributed by atoms with Crippen LogP contribution in [0.1, 0.15) is 6.92 Å². The highest BCUT2D eigenvalue weighted by Crippen LogP contribution is 2.33. The van der Waals surface area contributed by atoms with Crippen molar-refractivity contribution in [3.05, 3.63) is 23.3 Å². The highest BCUT2D eigenvalue weighted by Gasteiger charge is 2.31. The van der Waals surface area contributed by atoms with Gasteiger partial charge in [-0.05, 0) is 6.92 Å². The molecular weight excluding hydrogens is 264 g/mol. The van der Waals surface area contributed by atoms with E-state index in [-0.39, 0.29) is 6.61 Å². The maximum atomic E-state index is 13.3. The van der Waals surface area contributed by atoms with Crippen LogP contribution in [0.2, 0.25) is 0 Å². The molecular formula is C9H8F4O3S. The van der Waals surface area contributed by atoms with Crippen LogP contribution in [-0.2, 0) is 9.84 Å². The molecule has 0 unspecified atom stereocenters. The maximum Gasteiger partial charge on any atom is 0.205 e. The van der Waals surface area contributed by atoms with Gasteiger partial charge in [-0.15, -0.1) is 0 Å². The Kier molecular flexibility index (Phi) is 3.65. The third kappa shape index (κ3) is 2.36. The van der Waals surface area contributed by atoms with Crippen LogP contribution in [-0.4, -0.2) is 21.3 Å². The summed E-state index contributed by atoms with van der Waals surface area (Å²) in [6.07, 6.45) is 0.532. The van der Waals surface area contributed by atoms with Crippen LogP contribution >= 0.6 is 0 Å². The molecule has 3 nitrogen and oxygen atoms in total. The second-order valence-electron chi connectivity index (χ2n) is 3.12. The topological polar surface area (TPSA) is 43.4 Å². The first-order valence-corrected chi connectivity index (χ1v) is 6.29. The highest BCUT2D eigenvalue weighted by atomic mass is 32.2. The van der Waals surface area contributed by atoms with E-state index in [0.29, 0.717) is 6.26 Å². The Morgan fingerprint density at radius 3 is 1.88 bits per heavy atom. The summed E-state index contributed by atoms with van der Waals surface area (Å²) in [5.74, 6) is -9.31. The van der Waals surface area contributed by atoms with Crippen LogP contribution < -0.4 is 4.74 Å². The van der Waals surface area contributed by atoms with Gasteiger partial charge in [0.25, 0.3) is 0 Å². The molecule has 1 aromatic rings. The zero-order valence-corrected chi connectivity index (χ0v) is 9.67. The summed E-state index contributed by atoms with van der Waals surface area (Å²) in [5, 5.41) is 0. The van der Waals surface area contributed by atoms with Crippen LogP contribution in [0.25, 0.3) is 0 Å². The van der Waals surface area contributed by atoms with Crippen molar-refractivity contribution in [1.82, 2.24) is 0 Å². The molecule has 0 amide bonds. The molecule has 0 spiro atoms. The number of rotatable bonds is 3. The number of ether oxygens (including phenoxy) is 1. The summed E-state index contributed by atoms with van der Waals surface area (Å²) in [5.41, 5.74) is 0. The fraction of sp³-hybridized carbons (Fsp3) is 0.333. The van der Waals surface area contributed by atoms with Crippen LogP contribution in [0.5, 0.6) is 5.75 Å². The molecule has 17 heavy (non-hydrogen) atoms. The van der Waals surface area contributed by atoms with Gasteiger partial charge in [-0.25, -0.2) is 21.6 Å². The van der Waals surface area contributed by atoms with Crippen LogP contribution in [0.15, 0.2) is 4.90 Å². The summed E-state index contributed by atoms with van der Waals surface area (Å²) in [7, 11) is -4.29. The number of sulfone groups is 1. The molecule has 0 fully saturated rings. The molecule has 1 rings (SSSR count). The van der Waals surface area contributed by atoms with Gasteiger partial charge in [0, 0.05) is 6.26 Å². The molecule has 0 aromatic heterocycles. The summed E-state index contributed by atoms with van der Waals surface area (Å²) in [6.45, 7) is 1.12. The fourth-order valence-corrected chi connectivity index (χ4v) is 2.10. The first-order valence-electron chi connectivity index (χ1n) is 4.40. The van der Waals surface area contributed by atoms with E-state index in [1.54, 1.807) is 0 Å². The minimum absolute atomic E-state index is 0.232. The summed E-state index contributed by atoms with van der Waals surface area (Å²) in [4.78, 5) is -1.32. The lowest BCUT2D eigenvalue weighted by Crippen LogP contribution is -2.12. The van der Waals surface area contributed by atoms with E-state index in [0.717, 1.165) is 0 Å². The molecule has 0 aliphatic rings. The molecule has 96 valence electrons. The molecule has 1 aromatic carbocycles. The van der Waals surface area contributed by atoms with Crippen molar-refractivity contribution >= 4 is 9.84 Å². The van der Waals surface area contributed by atoms with Gasteiger partial charge < -0.3 is 4.74 Å². The first-order chi connectivity index (χ1) is 7.71. The Hall–Kier alpha value is -1.31. The van der Waals surface area contributed by atoms with Crippen molar-refractivity contribution in [2.45, 2.75) is 11.8 Å². The minimum atomic E-state index is -4.29. The first kappa shape index (κ1) is 13.8. The molecule has 0 aliphatic heterocycles. The van der Waals surface area contributed by atoms with Gasteiger partial charge in [0.1, 0.15) is 0 Å². The van der Waals surface area contributed by atoms with Gasteiger partial charge in [-0.1, -0.05) is 0 Å². The quantitative estimate of drug-likeness (QED) is 0.366. The third-order valence-electron chi connectivity index (χ3n) is 1.84. The van der Waals surface area contributed by atoms with Gasteiger partial charge in [-0.2, -0.15) is 4.39 Å². The number of hydrogen-bond donors (Lipinski definition) is 0. The second kappa shape index (κ2) is 4.52. The highest BCUT2D eigenvalue weighted by molar-refractivity contribution is 7.90. The van der Waals surface area contributed by atoms with Gasteiger partial charge in [0.05, 0.1) is 6.61 Å². The molecule has 0 N–H and O–H groups in total. The average Bonchev–Trinajstić information content (AvgIpc) is 2.21. The number of halogens is 4. The average molecular weight is 272 g/mol. The summed E-state index contributed by atoms with van der Waals surface area (Å²) in [6, 6.07) is 0. The van der Waals surface area contributed by atoms with Crippen molar-refractivity contribution in [2.75, 3.05) is 12.9 Å². The standard InChI is InChI=1S/C9H8F4O3S/c1-3-16-8-6(12)4(10)5(11)7(13)9(8)17(2,14)15/h3H2,1-2H3. The molecule has 8 heteroatoms. The smallest absolute Gasteiger partial charge is 0.205 e.